The summed E-state index contributed by atoms with van der Waals surface area (Å²) >= 11 is 0. The van der Waals surface area contributed by atoms with Crippen LogP contribution in [0.25, 0.3) is 0 Å². The van der Waals surface area contributed by atoms with Gasteiger partial charge in [0.1, 0.15) is 0 Å². The van der Waals surface area contributed by atoms with Gasteiger partial charge in [-0.2, -0.15) is 44.3 Å². The van der Waals surface area contributed by atoms with E-state index in [1.165, 1.54) is 24.9 Å². The Morgan fingerprint density at radius 2 is 1.50 bits per heavy atom. The van der Waals surface area contributed by atoms with Crippen molar-refractivity contribution < 1.29 is 39.5 Å². The number of hydrogen-bond donors (Lipinski definition) is 1. The van der Waals surface area contributed by atoms with Gasteiger partial charge in [0.2, 0.25) is 0 Å². The van der Waals surface area contributed by atoms with Gasteiger partial charge >= 0.3 is 18.5 Å². The number of piperidine rings is 1. The Labute approximate surface area is 247 Å². The molecule has 3 heterocycles. The van der Waals surface area contributed by atoms with Gasteiger partial charge in [-0.25, -0.2) is 0 Å². The number of anilines is 2. The maximum atomic E-state index is 14.1. The summed E-state index contributed by atoms with van der Waals surface area (Å²) in [5, 5.41) is 15.2. The van der Waals surface area contributed by atoms with Crippen LogP contribution in [0.15, 0.2) is 30.3 Å². The number of hydrogen-bond acceptors (Lipinski definition) is 6. The van der Waals surface area contributed by atoms with Gasteiger partial charge in [-0.3, -0.25) is 0 Å². The highest BCUT2D eigenvalue weighted by Gasteiger charge is 2.40. The van der Waals surface area contributed by atoms with E-state index in [0.29, 0.717) is 68.7 Å². The van der Waals surface area contributed by atoms with Crippen molar-refractivity contribution in [2.24, 2.45) is 7.05 Å². The van der Waals surface area contributed by atoms with Crippen LogP contribution in [0.5, 0.6) is 0 Å². The summed E-state index contributed by atoms with van der Waals surface area (Å²) in [4.78, 5) is 4.48. The van der Waals surface area contributed by atoms with Crippen molar-refractivity contribution in [2.45, 2.75) is 69.8 Å². The summed E-state index contributed by atoms with van der Waals surface area (Å²) in [5.74, 6) is -0.0812. The number of halogens is 9. The number of aromatic nitrogens is 4. The van der Waals surface area contributed by atoms with Crippen LogP contribution < -0.4 is 15.1 Å². The number of fused-ring (bicyclic) bond motifs is 1. The maximum Gasteiger partial charge on any atom is 0.416 e. The average Bonchev–Trinajstić information content (AvgIpc) is 3.28. The molecule has 2 aliphatic rings. The van der Waals surface area contributed by atoms with E-state index < -0.39 is 47.8 Å². The van der Waals surface area contributed by atoms with E-state index in [-0.39, 0.29) is 29.2 Å². The highest BCUT2D eigenvalue weighted by Crippen LogP contribution is 2.45. The van der Waals surface area contributed by atoms with E-state index in [9.17, 15) is 39.5 Å². The van der Waals surface area contributed by atoms with Crippen molar-refractivity contribution in [2.75, 3.05) is 29.4 Å². The second kappa shape index (κ2) is 11.7. The Kier molecular flexibility index (Phi) is 8.50. The average molecular weight is 636 g/mol. The number of alkyl halides is 9. The standard InChI is InChI=1S/C28H30F9N7/c1-16-10-21-23(4-3-9-43(20-5-7-38-8-6-20)24(21)14-22(16)28(35,36)37)44(25-39-41-42(2)40-25)15-17-11-18(26(29,30)31)13-19(12-17)27(32,33)34/h10-14,20,23,38H,3-9,15H2,1-2H3/t23-/m0/s1. The fraction of sp³-hybridized carbons (Fsp3) is 0.536. The van der Waals surface area contributed by atoms with Gasteiger partial charge < -0.3 is 15.1 Å². The summed E-state index contributed by atoms with van der Waals surface area (Å²) in [7, 11) is 1.44. The zero-order valence-corrected chi connectivity index (χ0v) is 23.8. The molecule has 44 heavy (non-hydrogen) atoms. The molecule has 1 aromatic heterocycles. The number of tetrazole rings is 1. The molecule has 1 saturated heterocycles. The second-order valence-electron chi connectivity index (χ2n) is 11.2. The van der Waals surface area contributed by atoms with E-state index in [1.54, 1.807) is 0 Å². The number of aryl methyl sites for hydroxylation is 2. The van der Waals surface area contributed by atoms with E-state index >= 15 is 0 Å². The number of nitrogens with zero attached hydrogens (tertiary/aromatic N) is 6. The maximum absolute atomic E-state index is 14.1. The van der Waals surface area contributed by atoms with Crippen molar-refractivity contribution in [3.63, 3.8) is 0 Å². The summed E-state index contributed by atoms with van der Waals surface area (Å²) in [6.45, 7) is 2.62. The summed E-state index contributed by atoms with van der Waals surface area (Å²) in [6.07, 6.45) is -12.6. The monoisotopic (exact) mass is 635 g/mol. The predicted octanol–water partition coefficient (Wildman–Crippen LogP) is 6.68. The van der Waals surface area contributed by atoms with Crippen LogP contribution >= 0.6 is 0 Å². The first-order chi connectivity index (χ1) is 20.5. The first-order valence-corrected chi connectivity index (χ1v) is 14.0. The third-order valence-electron chi connectivity index (χ3n) is 8.10. The Hall–Kier alpha value is -3.56. The Morgan fingerprint density at radius 1 is 0.864 bits per heavy atom. The van der Waals surface area contributed by atoms with Crippen LogP contribution in [-0.4, -0.2) is 45.9 Å². The summed E-state index contributed by atoms with van der Waals surface area (Å²) in [5.41, 5.74) is -3.35. The van der Waals surface area contributed by atoms with Crippen molar-refractivity contribution in [3.05, 3.63) is 63.7 Å². The summed E-state index contributed by atoms with van der Waals surface area (Å²) < 4.78 is 124. The minimum absolute atomic E-state index is 0.0499. The van der Waals surface area contributed by atoms with Gasteiger partial charge in [0.15, 0.2) is 0 Å². The van der Waals surface area contributed by atoms with Crippen molar-refractivity contribution in [1.82, 2.24) is 25.5 Å². The van der Waals surface area contributed by atoms with Crippen LogP contribution in [0.4, 0.5) is 51.1 Å². The zero-order chi connectivity index (χ0) is 32.0. The molecule has 5 rings (SSSR count). The van der Waals surface area contributed by atoms with Gasteiger partial charge in [-0.05, 0) is 91.9 Å². The highest BCUT2D eigenvalue weighted by molar-refractivity contribution is 5.62. The SMILES string of the molecule is Cc1cc2c(cc1C(F)(F)F)N(C1CCNCC1)CCC[C@@H]2N(Cc1cc(C(F)(F)F)cc(C(F)(F)F)c1)c1nnn(C)n1. The lowest BCUT2D eigenvalue weighted by atomic mass is 9.93. The minimum Gasteiger partial charge on any atom is -0.368 e. The van der Waals surface area contributed by atoms with Gasteiger partial charge in [0, 0.05) is 24.8 Å². The molecule has 240 valence electrons. The molecule has 7 nitrogen and oxygen atoms in total. The van der Waals surface area contributed by atoms with Crippen LogP contribution in [0.1, 0.15) is 65.1 Å². The topological polar surface area (TPSA) is 62.1 Å². The molecule has 1 atom stereocenters. The van der Waals surface area contributed by atoms with E-state index in [4.69, 9.17) is 0 Å². The Bertz CT molecular complexity index is 1440. The van der Waals surface area contributed by atoms with Gasteiger partial charge in [0.05, 0.1) is 29.8 Å². The largest absolute Gasteiger partial charge is 0.416 e. The third kappa shape index (κ3) is 6.74. The molecule has 16 heteroatoms. The number of benzene rings is 2. The van der Waals surface area contributed by atoms with Crippen LogP contribution in [0, 0.1) is 6.92 Å². The molecule has 0 amide bonds. The molecule has 0 bridgehead atoms. The molecule has 0 spiro atoms. The van der Waals surface area contributed by atoms with Crippen LogP contribution in [-0.2, 0) is 32.1 Å². The molecule has 2 aliphatic heterocycles. The van der Waals surface area contributed by atoms with Gasteiger partial charge in [-0.1, -0.05) is 11.2 Å². The molecular formula is C28H30F9N7. The molecule has 0 radical (unpaired) electrons. The number of rotatable bonds is 5. The quantitative estimate of drug-likeness (QED) is 0.316. The molecule has 3 aromatic rings. The smallest absolute Gasteiger partial charge is 0.368 e. The van der Waals surface area contributed by atoms with E-state index in [0.717, 1.165) is 10.9 Å². The lowest BCUT2D eigenvalue weighted by molar-refractivity contribution is -0.143. The van der Waals surface area contributed by atoms with Crippen LogP contribution in [0.2, 0.25) is 0 Å². The first kappa shape index (κ1) is 31.9. The highest BCUT2D eigenvalue weighted by atomic mass is 19.4. The van der Waals surface area contributed by atoms with Gasteiger partial charge in [0.25, 0.3) is 5.95 Å². The minimum atomic E-state index is -5.05. The van der Waals surface area contributed by atoms with E-state index in [1.807, 2.05) is 4.90 Å². The first-order valence-electron chi connectivity index (χ1n) is 14.0. The predicted molar refractivity (Wildman–Crippen MR) is 143 cm³/mol. The van der Waals surface area contributed by atoms with Crippen molar-refractivity contribution in [1.29, 1.82) is 0 Å². The molecule has 0 aliphatic carbocycles. The molecular weight excluding hydrogens is 605 g/mol. The lowest BCUT2D eigenvalue weighted by Gasteiger charge is -2.38. The number of nitrogens with one attached hydrogen (secondary N) is 1. The Morgan fingerprint density at radius 3 is 2.05 bits per heavy atom. The van der Waals surface area contributed by atoms with Crippen molar-refractivity contribution >= 4 is 11.6 Å². The Balaban J connectivity index is 1.67. The fourth-order valence-electron chi connectivity index (χ4n) is 6.11. The molecule has 1 N–H and O–H groups in total. The molecule has 0 saturated carbocycles. The molecule has 2 aromatic carbocycles. The van der Waals surface area contributed by atoms with Crippen LogP contribution in [0.3, 0.4) is 0 Å². The van der Waals surface area contributed by atoms with E-state index in [2.05, 4.69) is 20.7 Å². The normalized spacial score (nSPS) is 18.7. The molecule has 1 fully saturated rings. The summed E-state index contributed by atoms with van der Waals surface area (Å²) in [6, 6.07) is 3.00. The fourth-order valence-corrected chi connectivity index (χ4v) is 6.11. The van der Waals surface area contributed by atoms with Gasteiger partial charge in [-0.15, -0.1) is 5.10 Å². The molecule has 0 unspecified atom stereocenters. The second-order valence-corrected chi connectivity index (χ2v) is 11.2. The lowest BCUT2D eigenvalue weighted by Crippen LogP contribution is -2.44. The zero-order valence-electron chi connectivity index (χ0n) is 23.8. The third-order valence-corrected chi connectivity index (χ3v) is 8.10. The van der Waals surface area contributed by atoms with Crippen molar-refractivity contribution in [3.8, 4) is 0 Å².